The van der Waals surface area contributed by atoms with Crippen molar-refractivity contribution in [2.24, 2.45) is 4.99 Å². The van der Waals surface area contributed by atoms with E-state index in [-0.39, 0.29) is 18.4 Å². The quantitative estimate of drug-likeness (QED) is 0.318. The summed E-state index contributed by atoms with van der Waals surface area (Å²) in [6.45, 7) is 0.193. The Morgan fingerprint density at radius 1 is 1.06 bits per heavy atom. The van der Waals surface area contributed by atoms with Gasteiger partial charge in [0.1, 0.15) is 0 Å². The normalized spacial score (nSPS) is 17.9. The third-order valence-corrected chi connectivity index (χ3v) is 8.87. The highest BCUT2D eigenvalue weighted by Crippen LogP contribution is 2.43. The first kappa shape index (κ1) is 22.1. The Balaban J connectivity index is 1.49. The molecular formula is C28H18BrClN2O3S. The minimum Gasteiger partial charge on any atom is -0.454 e. The van der Waals surface area contributed by atoms with Crippen molar-refractivity contribution >= 4 is 50.6 Å². The van der Waals surface area contributed by atoms with Crippen LogP contribution in [0, 0.1) is 0 Å². The highest BCUT2D eigenvalue weighted by Gasteiger charge is 2.33. The van der Waals surface area contributed by atoms with Gasteiger partial charge in [0.15, 0.2) is 16.3 Å². The minimum atomic E-state index is -0.305. The van der Waals surface area contributed by atoms with E-state index in [1.54, 1.807) is 0 Å². The fraction of sp³-hybridized carbons (Fsp3) is 0.143. The van der Waals surface area contributed by atoms with Gasteiger partial charge in [-0.2, -0.15) is 0 Å². The molecule has 3 aromatic carbocycles. The summed E-state index contributed by atoms with van der Waals surface area (Å²) in [7, 11) is 0. The molecule has 1 atom stereocenters. The van der Waals surface area contributed by atoms with Crippen LogP contribution in [0.4, 0.5) is 0 Å². The number of fused-ring (bicyclic) bond motifs is 4. The Hall–Kier alpha value is -3.13. The van der Waals surface area contributed by atoms with Gasteiger partial charge in [0.2, 0.25) is 6.79 Å². The largest absolute Gasteiger partial charge is 0.454 e. The van der Waals surface area contributed by atoms with Crippen molar-refractivity contribution in [2.45, 2.75) is 18.9 Å². The van der Waals surface area contributed by atoms with Crippen LogP contribution in [0.3, 0.4) is 0 Å². The van der Waals surface area contributed by atoms with Gasteiger partial charge >= 0.3 is 0 Å². The van der Waals surface area contributed by atoms with Crippen LogP contribution < -0.4 is 24.4 Å². The van der Waals surface area contributed by atoms with Crippen molar-refractivity contribution in [3.05, 3.63) is 118 Å². The second kappa shape index (κ2) is 8.47. The van der Waals surface area contributed by atoms with Crippen molar-refractivity contribution in [1.82, 2.24) is 4.57 Å². The molecule has 7 rings (SSSR count). The van der Waals surface area contributed by atoms with Gasteiger partial charge in [-0.3, -0.25) is 9.36 Å². The van der Waals surface area contributed by atoms with E-state index < -0.39 is 0 Å². The molecule has 3 aliphatic rings. The standard InChI is InChI=1S/C28H18BrClN2O3S/c29-20-13-23-22(34-14-35-23)11-16(20)12-24-27(33)32-26(18-7-3-4-8-21(18)30)19-10-9-15-5-1-2-6-17(15)25(19)31-28(32)36-24/h1-8,11-13,26H,9-10,14H2/b24-12+/t26-/m0/s1. The van der Waals surface area contributed by atoms with Gasteiger partial charge in [-0.05, 0) is 59.4 Å². The maximum atomic E-state index is 13.9. The molecule has 5 nitrogen and oxygen atoms in total. The summed E-state index contributed by atoms with van der Waals surface area (Å²) < 4.78 is 14.2. The lowest BCUT2D eigenvalue weighted by Gasteiger charge is -2.31. The smallest absolute Gasteiger partial charge is 0.271 e. The predicted molar refractivity (Wildman–Crippen MR) is 144 cm³/mol. The molecule has 36 heavy (non-hydrogen) atoms. The summed E-state index contributed by atoms with van der Waals surface area (Å²) in [5.74, 6) is 1.35. The topological polar surface area (TPSA) is 52.8 Å². The number of hydrogen-bond acceptors (Lipinski definition) is 5. The molecule has 0 saturated carbocycles. The second-order valence-electron chi connectivity index (χ2n) is 8.86. The highest BCUT2D eigenvalue weighted by atomic mass is 79.9. The molecule has 0 unspecified atom stereocenters. The molecule has 0 amide bonds. The Morgan fingerprint density at radius 3 is 2.69 bits per heavy atom. The number of nitrogens with zero attached hydrogens (tertiary/aromatic N) is 2. The molecule has 0 bridgehead atoms. The van der Waals surface area contributed by atoms with Crippen LogP contribution in [0.2, 0.25) is 5.02 Å². The van der Waals surface area contributed by atoms with E-state index in [2.05, 4.69) is 34.1 Å². The zero-order valence-corrected chi connectivity index (χ0v) is 22.0. The van der Waals surface area contributed by atoms with E-state index >= 15 is 0 Å². The molecule has 1 aromatic heterocycles. The lowest BCUT2D eigenvalue weighted by Crippen LogP contribution is -2.38. The lowest BCUT2D eigenvalue weighted by molar-refractivity contribution is 0.174. The van der Waals surface area contributed by atoms with E-state index in [4.69, 9.17) is 26.1 Å². The molecule has 1 aliphatic carbocycles. The van der Waals surface area contributed by atoms with Crippen LogP contribution >= 0.6 is 38.9 Å². The summed E-state index contributed by atoms with van der Waals surface area (Å²) in [5, 5.41) is 0.642. The molecule has 8 heteroatoms. The van der Waals surface area contributed by atoms with Crippen molar-refractivity contribution in [1.29, 1.82) is 0 Å². The maximum Gasteiger partial charge on any atom is 0.271 e. The molecular weight excluding hydrogens is 560 g/mol. The summed E-state index contributed by atoms with van der Waals surface area (Å²) >= 11 is 11.7. The van der Waals surface area contributed by atoms with Crippen LogP contribution in [-0.2, 0) is 6.42 Å². The fourth-order valence-electron chi connectivity index (χ4n) is 5.18. The van der Waals surface area contributed by atoms with E-state index in [0.717, 1.165) is 45.3 Å². The fourth-order valence-corrected chi connectivity index (χ4v) is 6.85. The number of thiazole rings is 1. The highest BCUT2D eigenvalue weighted by molar-refractivity contribution is 9.10. The molecule has 0 N–H and O–H groups in total. The number of hydrogen-bond donors (Lipinski definition) is 0. The van der Waals surface area contributed by atoms with Gasteiger partial charge in [-0.25, -0.2) is 4.99 Å². The molecule has 4 aromatic rings. The molecule has 0 saturated heterocycles. The molecule has 0 fully saturated rings. The van der Waals surface area contributed by atoms with Gasteiger partial charge in [0, 0.05) is 15.1 Å². The Labute approximate surface area is 223 Å². The van der Waals surface area contributed by atoms with Crippen molar-refractivity contribution in [3.8, 4) is 11.5 Å². The first-order chi connectivity index (χ1) is 17.6. The van der Waals surface area contributed by atoms with E-state index in [1.165, 1.54) is 16.9 Å². The van der Waals surface area contributed by atoms with Crippen LogP contribution in [0.5, 0.6) is 11.5 Å². The van der Waals surface area contributed by atoms with Crippen molar-refractivity contribution in [2.75, 3.05) is 6.79 Å². The number of ether oxygens (including phenoxy) is 2. The second-order valence-corrected chi connectivity index (χ2v) is 11.1. The first-order valence-electron chi connectivity index (χ1n) is 11.5. The lowest BCUT2D eigenvalue weighted by atomic mass is 9.83. The number of aryl methyl sites for hydroxylation is 1. The number of allylic oxidation sites excluding steroid dienone is 1. The minimum absolute atomic E-state index is 0.0846. The molecule has 178 valence electrons. The average Bonchev–Trinajstić information content (AvgIpc) is 3.47. The number of benzene rings is 3. The van der Waals surface area contributed by atoms with Gasteiger partial charge in [0.25, 0.3) is 5.56 Å². The number of aromatic nitrogens is 1. The predicted octanol–water partition coefficient (Wildman–Crippen LogP) is 5.46. The van der Waals surface area contributed by atoms with Crippen LogP contribution in [-0.4, -0.2) is 11.4 Å². The summed E-state index contributed by atoms with van der Waals surface area (Å²) in [6, 6.07) is 19.6. The third-order valence-electron chi connectivity index (χ3n) is 6.85. The monoisotopic (exact) mass is 576 g/mol. The van der Waals surface area contributed by atoms with E-state index in [1.807, 2.05) is 53.1 Å². The molecule has 2 aliphatic heterocycles. The van der Waals surface area contributed by atoms with Crippen molar-refractivity contribution < 1.29 is 9.47 Å². The summed E-state index contributed by atoms with van der Waals surface area (Å²) in [4.78, 5) is 19.7. The maximum absolute atomic E-state index is 13.9. The molecule has 3 heterocycles. The van der Waals surface area contributed by atoms with Crippen molar-refractivity contribution in [3.63, 3.8) is 0 Å². The van der Waals surface area contributed by atoms with Crippen LogP contribution in [0.25, 0.3) is 11.8 Å². The zero-order valence-electron chi connectivity index (χ0n) is 18.8. The number of rotatable bonds is 2. The van der Waals surface area contributed by atoms with Gasteiger partial charge in [-0.1, -0.05) is 81.3 Å². The zero-order chi connectivity index (χ0) is 24.4. The van der Waals surface area contributed by atoms with Crippen LogP contribution in [0.15, 0.2) is 80.5 Å². The Kier molecular flexibility index (Phi) is 5.20. The average molecular weight is 578 g/mol. The van der Waals surface area contributed by atoms with Gasteiger partial charge in [-0.15, -0.1) is 0 Å². The van der Waals surface area contributed by atoms with E-state index in [0.29, 0.717) is 25.9 Å². The molecule has 0 spiro atoms. The Morgan fingerprint density at radius 2 is 1.83 bits per heavy atom. The first-order valence-corrected chi connectivity index (χ1v) is 13.5. The van der Waals surface area contributed by atoms with Gasteiger partial charge < -0.3 is 9.47 Å². The summed E-state index contributed by atoms with van der Waals surface area (Å²) in [5.41, 5.74) is 6.17. The third kappa shape index (κ3) is 3.41. The Bertz CT molecular complexity index is 1790. The van der Waals surface area contributed by atoms with Crippen LogP contribution in [0.1, 0.15) is 34.7 Å². The van der Waals surface area contributed by atoms with Gasteiger partial charge in [0.05, 0.1) is 16.3 Å². The van der Waals surface area contributed by atoms with E-state index in [9.17, 15) is 4.79 Å². The number of halogens is 2. The summed E-state index contributed by atoms with van der Waals surface area (Å²) in [6.07, 6.45) is 3.61. The SMILES string of the molecule is O=c1/c(=C\c2cc3c(cc2Br)OCO3)sc2n1[C@@H](c1ccccc1Cl)C1=C(N=2)c2ccccc2CC1. The molecule has 0 radical (unpaired) electrons.